The lowest BCUT2D eigenvalue weighted by Gasteiger charge is -2.20. The van der Waals surface area contributed by atoms with Gasteiger partial charge in [0.1, 0.15) is 5.75 Å². The molecular weight excluding hydrogens is 396 g/mol. The fourth-order valence-corrected chi connectivity index (χ4v) is 3.85. The van der Waals surface area contributed by atoms with Crippen molar-refractivity contribution < 1.29 is 18.4 Å². The van der Waals surface area contributed by atoms with Crippen LogP contribution in [-0.2, 0) is 4.79 Å². The molecular formula is C25H30O6. The van der Waals surface area contributed by atoms with Gasteiger partial charge in [0.05, 0.1) is 5.56 Å². The fraction of sp³-hybridized carbons (Fsp3) is 0.480. The first kappa shape index (κ1) is 22.8. The van der Waals surface area contributed by atoms with E-state index in [1.54, 1.807) is 13.0 Å². The van der Waals surface area contributed by atoms with Crippen LogP contribution in [-0.4, -0.2) is 5.97 Å². The third-order valence-electron chi connectivity index (χ3n) is 5.37. The van der Waals surface area contributed by atoms with E-state index in [-0.39, 0.29) is 40.8 Å². The molecule has 2 aliphatic rings. The van der Waals surface area contributed by atoms with Crippen molar-refractivity contribution in [2.75, 3.05) is 0 Å². The van der Waals surface area contributed by atoms with Crippen molar-refractivity contribution in [3.63, 3.8) is 0 Å². The van der Waals surface area contributed by atoms with Crippen molar-refractivity contribution in [1.29, 1.82) is 0 Å². The Bertz CT molecular complexity index is 1240. The van der Waals surface area contributed by atoms with E-state index in [9.17, 15) is 14.4 Å². The van der Waals surface area contributed by atoms with Crippen LogP contribution in [0.4, 0.5) is 0 Å². The number of carbonyl (C=O) groups excluding carboxylic acids is 1. The zero-order chi connectivity index (χ0) is 23.2. The lowest BCUT2D eigenvalue weighted by Crippen LogP contribution is -2.31. The highest BCUT2D eigenvalue weighted by Gasteiger charge is 2.29. The Labute approximate surface area is 181 Å². The van der Waals surface area contributed by atoms with Crippen molar-refractivity contribution in [1.82, 2.24) is 0 Å². The van der Waals surface area contributed by atoms with E-state index in [0.29, 0.717) is 40.0 Å². The summed E-state index contributed by atoms with van der Waals surface area (Å²) in [5.74, 6) is 0.568. The number of fused-ring (bicyclic) bond motifs is 2. The van der Waals surface area contributed by atoms with E-state index >= 15 is 0 Å². The van der Waals surface area contributed by atoms with E-state index in [1.807, 2.05) is 48.5 Å². The summed E-state index contributed by atoms with van der Waals surface area (Å²) in [5.41, 5.74) is 1.68. The van der Waals surface area contributed by atoms with Gasteiger partial charge in [0.15, 0.2) is 22.7 Å². The zero-order valence-corrected chi connectivity index (χ0v) is 19.5. The van der Waals surface area contributed by atoms with Crippen LogP contribution in [0.1, 0.15) is 82.1 Å². The Kier molecular flexibility index (Phi) is 6.12. The molecule has 1 aromatic carbocycles. The van der Waals surface area contributed by atoms with Gasteiger partial charge in [0.2, 0.25) is 10.9 Å². The van der Waals surface area contributed by atoms with Crippen LogP contribution in [0.15, 0.2) is 24.5 Å². The molecule has 0 atom stereocenters. The predicted octanol–water partition coefficient (Wildman–Crippen LogP) is 5.67. The average Bonchev–Trinajstić information content (AvgIpc) is 2.64. The fourth-order valence-electron chi connectivity index (χ4n) is 3.85. The molecule has 166 valence electrons. The minimum atomic E-state index is -0.574. The van der Waals surface area contributed by atoms with Crippen molar-refractivity contribution in [2.45, 2.75) is 73.6 Å². The van der Waals surface area contributed by atoms with Gasteiger partial charge in [-0.15, -0.1) is 0 Å². The molecule has 0 radical (unpaired) electrons. The smallest absolute Gasteiger partial charge is 0.311 e. The number of benzene rings is 2. The normalized spacial score (nSPS) is 12.0. The highest BCUT2D eigenvalue weighted by molar-refractivity contribution is 5.85. The van der Waals surface area contributed by atoms with E-state index < -0.39 is 10.9 Å². The first-order valence-electron chi connectivity index (χ1n) is 10.7. The lowest BCUT2D eigenvalue weighted by molar-refractivity contribution is -0.135. The molecule has 3 rings (SSSR count). The molecule has 0 unspecified atom stereocenters. The third kappa shape index (κ3) is 4.03. The minimum absolute atomic E-state index is 0.0459. The molecule has 6 nitrogen and oxygen atoms in total. The van der Waals surface area contributed by atoms with Crippen molar-refractivity contribution in [3.05, 3.63) is 48.8 Å². The van der Waals surface area contributed by atoms with Gasteiger partial charge in [-0.3, -0.25) is 14.4 Å². The zero-order valence-electron chi connectivity index (χ0n) is 19.5. The Morgan fingerprint density at radius 3 is 2.00 bits per heavy atom. The number of carbonyl (C=O) groups is 1. The number of aryl methyl sites for hydroxylation is 1. The largest absolute Gasteiger partial charge is 0.449 e. The first-order valence-corrected chi connectivity index (χ1v) is 10.7. The summed E-state index contributed by atoms with van der Waals surface area (Å²) in [6.45, 7) is 14.9. The quantitative estimate of drug-likeness (QED) is 0.226. The van der Waals surface area contributed by atoms with Crippen LogP contribution < -0.4 is 15.6 Å². The maximum atomic E-state index is 12.7. The van der Waals surface area contributed by atoms with Gasteiger partial charge in [-0.25, -0.2) is 0 Å². The summed E-state index contributed by atoms with van der Waals surface area (Å²) in [6.07, 6.45) is 0.302. The van der Waals surface area contributed by atoms with Crippen LogP contribution in [0.5, 0.6) is 5.75 Å². The first-order chi connectivity index (χ1) is 14.4. The number of hydrogen-bond donors (Lipinski definition) is 0. The van der Waals surface area contributed by atoms with Crippen LogP contribution in [0.2, 0.25) is 0 Å². The van der Waals surface area contributed by atoms with Gasteiger partial charge in [0.25, 0.3) is 0 Å². The van der Waals surface area contributed by atoms with Crippen LogP contribution >= 0.6 is 0 Å². The van der Waals surface area contributed by atoms with Crippen molar-refractivity contribution in [2.24, 2.45) is 5.92 Å². The number of rotatable bonds is 5. The van der Waals surface area contributed by atoms with Gasteiger partial charge in [0, 0.05) is 17.5 Å². The van der Waals surface area contributed by atoms with Gasteiger partial charge in [-0.1, -0.05) is 41.5 Å². The van der Waals surface area contributed by atoms with E-state index in [4.69, 9.17) is 13.6 Å². The predicted molar refractivity (Wildman–Crippen MR) is 120 cm³/mol. The summed E-state index contributed by atoms with van der Waals surface area (Å²) in [5, 5.41) is 0. The summed E-state index contributed by atoms with van der Waals surface area (Å²) in [6, 6.07) is 1.76. The van der Waals surface area contributed by atoms with Crippen molar-refractivity contribution in [3.8, 4) is 17.3 Å². The SMILES string of the molecule is Cc1c2oc3c(C)cc(OC(=O)CC(C)C)c(C(C)C)c3oc-2c(C(C)C)c(=O)c1=O. The Balaban J connectivity index is 2.43. The van der Waals surface area contributed by atoms with Crippen LogP contribution in [0, 0.1) is 19.8 Å². The third-order valence-corrected chi connectivity index (χ3v) is 5.37. The Morgan fingerprint density at radius 1 is 0.871 bits per heavy atom. The van der Waals surface area contributed by atoms with Crippen LogP contribution in [0.3, 0.4) is 0 Å². The lowest BCUT2D eigenvalue weighted by atomic mass is 9.95. The topological polar surface area (TPSA) is 86.7 Å². The molecule has 0 saturated carbocycles. The molecule has 0 N–H and O–H groups in total. The molecule has 1 heterocycles. The molecule has 0 amide bonds. The van der Waals surface area contributed by atoms with Gasteiger partial charge < -0.3 is 13.6 Å². The standard InChI is InChI=1S/C25H30O6/c1-11(2)9-17(26)29-16-10-14(7)22-24(18(16)12(3)4)31-25-19(13(5)6)21(28)20(27)15(8)23(25)30-22/h10-13H,9H2,1-8H3. The second-order valence-corrected chi connectivity index (χ2v) is 9.20. The molecule has 0 spiro atoms. The molecule has 1 aromatic rings. The summed E-state index contributed by atoms with van der Waals surface area (Å²) >= 11 is 0. The second kappa shape index (κ2) is 8.33. The number of esters is 1. The van der Waals surface area contributed by atoms with E-state index in [0.717, 1.165) is 0 Å². The molecule has 1 aliphatic carbocycles. The molecule has 0 bridgehead atoms. The highest BCUT2D eigenvalue weighted by Crippen LogP contribution is 2.41. The molecule has 0 saturated heterocycles. The average molecular weight is 427 g/mol. The highest BCUT2D eigenvalue weighted by atomic mass is 16.5. The summed E-state index contributed by atoms with van der Waals surface area (Å²) < 4.78 is 18.2. The van der Waals surface area contributed by atoms with Gasteiger partial charge in [-0.2, -0.15) is 0 Å². The van der Waals surface area contributed by atoms with E-state index in [2.05, 4.69) is 0 Å². The molecule has 6 heteroatoms. The van der Waals surface area contributed by atoms with Gasteiger partial charge in [-0.05, 0) is 43.2 Å². The number of hydrogen-bond acceptors (Lipinski definition) is 6. The Morgan fingerprint density at radius 2 is 1.45 bits per heavy atom. The molecule has 31 heavy (non-hydrogen) atoms. The van der Waals surface area contributed by atoms with Crippen molar-refractivity contribution >= 4 is 17.1 Å². The molecule has 0 aromatic heterocycles. The second-order valence-electron chi connectivity index (χ2n) is 9.20. The number of ether oxygens (including phenoxy) is 1. The summed E-state index contributed by atoms with van der Waals surface area (Å²) in [4.78, 5) is 37.6. The Hall–Kier alpha value is -2.89. The maximum absolute atomic E-state index is 12.7. The van der Waals surface area contributed by atoms with Crippen LogP contribution in [0.25, 0.3) is 22.7 Å². The minimum Gasteiger partial charge on any atom is -0.449 e. The van der Waals surface area contributed by atoms with E-state index in [1.165, 1.54) is 0 Å². The maximum Gasteiger partial charge on any atom is 0.311 e. The molecule has 1 aliphatic heterocycles. The van der Waals surface area contributed by atoms with Gasteiger partial charge >= 0.3 is 5.97 Å². The molecule has 0 fully saturated rings. The monoisotopic (exact) mass is 426 g/mol. The summed E-state index contributed by atoms with van der Waals surface area (Å²) in [7, 11) is 0.